The van der Waals surface area contributed by atoms with Gasteiger partial charge in [-0.25, -0.2) is 4.99 Å². The molecule has 2 N–H and O–H groups in total. The summed E-state index contributed by atoms with van der Waals surface area (Å²) in [5, 5.41) is 0. The molecule has 1 heterocycles. The van der Waals surface area contributed by atoms with Crippen molar-refractivity contribution in [2.75, 3.05) is 6.54 Å². The van der Waals surface area contributed by atoms with Crippen LogP contribution in [0.1, 0.15) is 11.1 Å². The van der Waals surface area contributed by atoms with Gasteiger partial charge in [0.1, 0.15) is 0 Å². The van der Waals surface area contributed by atoms with Gasteiger partial charge in [-0.1, -0.05) is 60.7 Å². The molecule has 1 atom stereocenters. The summed E-state index contributed by atoms with van der Waals surface area (Å²) < 4.78 is 0. The highest BCUT2D eigenvalue weighted by Gasteiger charge is 2.23. The second-order valence-electron chi connectivity index (χ2n) is 5.20. The maximum atomic E-state index is 6.05. The molecule has 3 rings (SSSR count). The van der Waals surface area contributed by atoms with Crippen molar-refractivity contribution >= 4 is 18.4 Å². The molecule has 0 fully saturated rings. The summed E-state index contributed by atoms with van der Waals surface area (Å²) in [5.74, 6) is 0.662. The molecule has 1 aliphatic heterocycles. The van der Waals surface area contributed by atoms with Gasteiger partial charge in [0.15, 0.2) is 5.96 Å². The average Bonchev–Trinajstić information content (AvgIpc) is 2.81. The Morgan fingerprint density at radius 2 is 1.52 bits per heavy atom. The molecule has 0 saturated carbocycles. The molecule has 1 aliphatic rings. The molecule has 2 aromatic rings. The minimum absolute atomic E-state index is 0. The van der Waals surface area contributed by atoms with Crippen LogP contribution in [-0.4, -0.2) is 23.4 Å². The normalized spacial score (nSPS) is 17.2. The van der Waals surface area contributed by atoms with Gasteiger partial charge in [-0.05, 0) is 17.5 Å². The fourth-order valence-corrected chi connectivity index (χ4v) is 2.60. The van der Waals surface area contributed by atoms with Gasteiger partial charge in [0.2, 0.25) is 0 Å². The molecule has 2 aromatic carbocycles. The zero-order valence-corrected chi connectivity index (χ0v) is 12.7. The van der Waals surface area contributed by atoms with Crippen LogP contribution in [0.15, 0.2) is 65.7 Å². The molecule has 0 unspecified atom stereocenters. The van der Waals surface area contributed by atoms with Gasteiger partial charge in [0, 0.05) is 13.1 Å². The standard InChI is InChI=1S/C17H19N3.ClH/c18-17-19-16(11-14-7-3-1-4-8-14)13-20(17)12-15-9-5-2-6-10-15;/h1-10,16H,11-13H2,(H2,18,19);1H/t16-;/m0./s1. The Labute approximate surface area is 131 Å². The van der Waals surface area contributed by atoms with Crippen LogP contribution < -0.4 is 5.73 Å². The molecule has 0 aliphatic carbocycles. The Morgan fingerprint density at radius 3 is 2.14 bits per heavy atom. The molecule has 110 valence electrons. The third-order valence-corrected chi connectivity index (χ3v) is 3.60. The third-order valence-electron chi connectivity index (χ3n) is 3.60. The molecular weight excluding hydrogens is 282 g/mol. The molecular formula is C17H20ClN3. The second kappa shape index (κ2) is 7.14. The molecule has 4 heteroatoms. The quantitative estimate of drug-likeness (QED) is 0.943. The monoisotopic (exact) mass is 301 g/mol. The molecule has 0 radical (unpaired) electrons. The number of aliphatic imine (C=N–C) groups is 1. The first-order chi connectivity index (χ1) is 9.81. The lowest BCUT2D eigenvalue weighted by atomic mass is 10.1. The predicted molar refractivity (Wildman–Crippen MR) is 89.7 cm³/mol. The Balaban J connectivity index is 0.00000161. The Hall–Kier alpha value is -2.00. The van der Waals surface area contributed by atoms with E-state index in [0.717, 1.165) is 19.5 Å². The van der Waals surface area contributed by atoms with Crippen molar-refractivity contribution in [3.63, 3.8) is 0 Å². The van der Waals surface area contributed by atoms with Crippen LogP contribution in [0.5, 0.6) is 0 Å². The van der Waals surface area contributed by atoms with Gasteiger partial charge in [-0.15, -0.1) is 12.4 Å². The van der Waals surface area contributed by atoms with Crippen molar-refractivity contribution in [3.8, 4) is 0 Å². The van der Waals surface area contributed by atoms with Crippen LogP contribution >= 0.6 is 12.4 Å². The van der Waals surface area contributed by atoms with Gasteiger partial charge >= 0.3 is 0 Å². The highest BCUT2D eigenvalue weighted by atomic mass is 35.5. The van der Waals surface area contributed by atoms with Gasteiger partial charge in [-0.3, -0.25) is 0 Å². The minimum Gasteiger partial charge on any atom is -0.370 e. The summed E-state index contributed by atoms with van der Waals surface area (Å²) in [7, 11) is 0. The average molecular weight is 302 g/mol. The summed E-state index contributed by atoms with van der Waals surface area (Å²) in [6.45, 7) is 1.73. The number of rotatable bonds is 4. The lowest BCUT2D eigenvalue weighted by Crippen LogP contribution is -2.34. The van der Waals surface area contributed by atoms with E-state index in [1.54, 1.807) is 0 Å². The maximum absolute atomic E-state index is 6.05. The Bertz CT molecular complexity index is 583. The van der Waals surface area contributed by atoms with Crippen LogP contribution in [0.3, 0.4) is 0 Å². The molecule has 0 bridgehead atoms. The fraction of sp³-hybridized carbons (Fsp3) is 0.235. The predicted octanol–water partition coefficient (Wildman–Crippen LogP) is 2.85. The molecule has 0 amide bonds. The van der Waals surface area contributed by atoms with Crippen LogP contribution in [-0.2, 0) is 13.0 Å². The van der Waals surface area contributed by atoms with Gasteiger partial charge in [0.05, 0.1) is 6.04 Å². The van der Waals surface area contributed by atoms with E-state index in [2.05, 4.69) is 58.4 Å². The number of hydrogen-bond donors (Lipinski definition) is 1. The number of guanidine groups is 1. The highest BCUT2D eigenvalue weighted by Crippen LogP contribution is 2.15. The number of nitrogens with zero attached hydrogens (tertiary/aromatic N) is 2. The van der Waals surface area contributed by atoms with Crippen molar-refractivity contribution in [1.29, 1.82) is 0 Å². The minimum atomic E-state index is 0. The van der Waals surface area contributed by atoms with E-state index >= 15 is 0 Å². The summed E-state index contributed by atoms with van der Waals surface area (Å²) in [6.07, 6.45) is 0.951. The Kier molecular flexibility index (Phi) is 5.23. The first-order valence-corrected chi connectivity index (χ1v) is 6.97. The van der Waals surface area contributed by atoms with Gasteiger partial charge < -0.3 is 10.6 Å². The zero-order valence-electron chi connectivity index (χ0n) is 11.9. The maximum Gasteiger partial charge on any atom is 0.191 e. The van der Waals surface area contributed by atoms with Crippen LogP contribution in [0.25, 0.3) is 0 Å². The smallest absolute Gasteiger partial charge is 0.191 e. The van der Waals surface area contributed by atoms with Crippen LogP contribution in [0.4, 0.5) is 0 Å². The van der Waals surface area contributed by atoms with Crippen molar-refractivity contribution in [3.05, 3.63) is 71.8 Å². The molecule has 0 spiro atoms. The first-order valence-electron chi connectivity index (χ1n) is 6.97. The molecule has 3 nitrogen and oxygen atoms in total. The van der Waals surface area contributed by atoms with Crippen molar-refractivity contribution in [1.82, 2.24) is 4.90 Å². The van der Waals surface area contributed by atoms with Crippen molar-refractivity contribution in [2.24, 2.45) is 10.7 Å². The molecule has 0 saturated heterocycles. The SMILES string of the molecule is Cl.NC1=N[C@@H](Cc2ccccc2)CN1Cc1ccccc1. The number of halogens is 1. The lowest BCUT2D eigenvalue weighted by molar-refractivity contribution is 0.413. The molecule has 0 aromatic heterocycles. The van der Waals surface area contributed by atoms with Gasteiger partial charge in [0.25, 0.3) is 0 Å². The number of benzene rings is 2. The van der Waals surface area contributed by atoms with Crippen LogP contribution in [0.2, 0.25) is 0 Å². The largest absolute Gasteiger partial charge is 0.370 e. The number of nitrogens with two attached hydrogens (primary N) is 1. The first kappa shape index (κ1) is 15.4. The van der Waals surface area contributed by atoms with Crippen molar-refractivity contribution < 1.29 is 0 Å². The Morgan fingerprint density at radius 1 is 0.952 bits per heavy atom. The number of hydrogen-bond acceptors (Lipinski definition) is 3. The molecule has 21 heavy (non-hydrogen) atoms. The summed E-state index contributed by atoms with van der Waals surface area (Å²) >= 11 is 0. The lowest BCUT2D eigenvalue weighted by Gasteiger charge is -2.18. The fourth-order valence-electron chi connectivity index (χ4n) is 2.60. The summed E-state index contributed by atoms with van der Waals surface area (Å²) in [5.41, 5.74) is 8.63. The van der Waals surface area contributed by atoms with E-state index in [1.807, 2.05) is 12.1 Å². The van der Waals surface area contributed by atoms with E-state index in [1.165, 1.54) is 11.1 Å². The van der Waals surface area contributed by atoms with E-state index in [0.29, 0.717) is 5.96 Å². The third kappa shape index (κ3) is 3.99. The van der Waals surface area contributed by atoms with Gasteiger partial charge in [-0.2, -0.15) is 0 Å². The van der Waals surface area contributed by atoms with E-state index < -0.39 is 0 Å². The highest BCUT2D eigenvalue weighted by molar-refractivity contribution is 5.85. The van der Waals surface area contributed by atoms with E-state index in [9.17, 15) is 0 Å². The van der Waals surface area contributed by atoms with Crippen LogP contribution in [0, 0.1) is 0 Å². The second-order valence-corrected chi connectivity index (χ2v) is 5.20. The van der Waals surface area contributed by atoms with Crippen molar-refractivity contribution in [2.45, 2.75) is 19.0 Å². The summed E-state index contributed by atoms with van der Waals surface area (Å²) in [6, 6.07) is 21.1. The zero-order chi connectivity index (χ0) is 13.8. The summed E-state index contributed by atoms with van der Waals surface area (Å²) in [4.78, 5) is 6.74. The van der Waals surface area contributed by atoms with E-state index in [-0.39, 0.29) is 18.4 Å². The topological polar surface area (TPSA) is 41.6 Å². The van der Waals surface area contributed by atoms with E-state index in [4.69, 9.17) is 5.73 Å².